The molecule has 7 heteroatoms. The monoisotopic (exact) mass is 366 g/mol. The Morgan fingerprint density at radius 1 is 1.17 bits per heavy atom. The lowest BCUT2D eigenvalue weighted by molar-refractivity contribution is 0.336. The summed E-state index contributed by atoms with van der Waals surface area (Å²) in [6, 6.07) is 8.47. The number of piperidine rings is 1. The molecule has 1 aliphatic heterocycles. The molecule has 5 N–H and O–H groups in total. The van der Waals surface area contributed by atoms with E-state index in [-0.39, 0.29) is 17.7 Å². The van der Waals surface area contributed by atoms with E-state index >= 15 is 0 Å². The predicted octanol–water partition coefficient (Wildman–Crippen LogP) is 3.59. The minimum absolute atomic E-state index is 0.0943. The molecule has 0 amide bonds. The lowest BCUT2D eigenvalue weighted by atomic mass is 9.85. The molecule has 0 bridgehead atoms. The number of nitrogens with two attached hydrogens (primary N) is 2. The Morgan fingerprint density at radius 2 is 1.83 bits per heavy atom. The van der Waals surface area contributed by atoms with E-state index in [9.17, 15) is 5.11 Å². The number of benzene rings is 1. The third-order valence-electron chi connectivity index (χ3n) is 4.56. The first kappa shape index (κ1) is 17.1. The molecule has 0 aliphatic carbocycles. The van der Waals surface area contributed by atoms with Crippen molar-refractivity contribution in [2.24, 2.45) is 11.7 Å². The Labute approximate surface area is 151 Å². The fraction of sp³-hybridized carbons (Fsp3) is 0.353. The Bertz CT molecular complexity index is 733. The van der Waals surface area contributed by atoms with Crippen molar-refractivity contribution in [1.82, 2.24) is 4.98 Å². The molecule has 1 aromatic heterocycles. The number of rotatable bonds is 3. The van der Waals surface area contributed by atoms with E-state index in [1.165, 1.54) is 6.07 Å². The molecular formula is C17H20Cl2N4O. The van der Waals surface area contributed by atoms with Gasteiger partial charge in [0.05, 0.1) is 10.0 Å². The number of nitrogens with zero attached hydrogens (tertiary/aromatic N) is 2. The third kappa shape index (κ3) is 3.53. The van der Waals surface area contributed by atoms with Gasteiger partial charge in [0.1, 0.15) is 17.4 Å². The third-order valence-corrected chi connectivity index (χ3v) is 5.28. The molecule has 1 atom stereocenters. The first-order valence-electron chi connectivity index (χ1n) is 7.86. The van der Waals surface area contributed by atoms with Gasteiger partial charge in [-0.1, -0.05) is 29.3 Å². The zero-order chi connectivity index (χ0) is 17.3. The SMILES string of the molecule is Nc1cccc(N2CCC(C(N)c3cc(Cl)c(Cl)cc3O)CC2)n1. The highest BCUT2D eigenvalue weighted by Crippen LogP contribution is 2.38. The molecule has 0 saturated carbocycles. The maximum Gasteiger partial charge on any atom is 0.130 e. The Kier molecular flexibility index (Phi) is 5.04. The maximum atomic E-state index is 10.1. The molecule has 1 aromatic carbocycles. The van der Waals surface area contributed by atoms with Gasteiger partial charge >= 0.3 is 0 Å². The molecule has 0 spiro atoms. The molecule has 1 fully saturated rings. The normalized spacial score (nSPS) is 17.0. The molecular weight excluding hydrogens is 347 g/mol. The highest BCUT2D eigenvalue weighted by atomic mass is 35.5. The second-order valence-corrected chi connectivity index (χ2v) is 6.91. The van der Waals surface area contributed by atoms with Crippen LogP contribution in [-0.2, 0) is 0 Å². The van der Waals surface area contributed by atoms with E-state index in [1.807, 2.05) is 12.1 Å². The van der Waals surface area contributed by atoms with E-state index < -0.39 is 0 Å². The zero-order valence-electron chi connectivity index (χ0n) is 13.1. The first-order chi connectivity index (χ1) is 11.5. The molecule has 24 heavy (non-hydrogen) atoms. The highest BCUT2D eigenvalue weighted by Gasteiger charge is 2.27. The fourth-order valence-electron chi connectivity index (χ4n) is 3.18. The van der Waals surface area contributed by atoms with Crippen molar-refractivity contribution in [3.63, 3.8) is 0 Å². The number of hydrogen-bond acceptors (Lipinski definition) is 5. The minimum Gasteiger partial charge on any atom is -0.508 e. The summed E-state index contributed by atoms with van der Waals surface area (Å²) in [5.74, 6) is 1.76. The second-order valence-electron chi connectivity index (χ2n) is 6.10. The van der Waals surface area contributed by atoms with E-state index in [1.54, 1.807) is 12.1 Å². The Morgan fingerprint density at radius 3 is 2.50 bits per heavy atom. The van der Waals surface area contributed by atoms with Gasteiger partial charge < -0.3 is 21.5 Å². The Balaban J connectivity index is 1.69. The quantitative estimate of drug-likeness (QED) is 0.772. The largest absolute Gasteiger partial charge is 0.508 e. The predicted molar refractivity (Wildman–Crippen MR) is 98.6 cm³/mol. The zero-order valence-corrected chi connectivity index (χ0v) is 14.6. The van der Waals surface area contributed by atoms with Crippen LogP contribution in [0.4, 0.5) is 11.6 Å². The van der Waals surface area contributed by atoms with Crippen LogP contribution in [0.5, 0.6) is 5.75 Å². The van der Waals surface area contributed by atoms with Crippen molar-refractivity contribution in [1.29, 1.82) is 0 Å². The second kappa shape index (κ2) is 7.05. The smallest absolute Gasteiger partial charge is 0.130 e. The molecule has 3 rings (SSSR count). The fourth-order valence-corrected chi connectivity index (χ4v) is 3.51. The summed E-state index contributed by atoms with van der Waals surface area (Å²) < 4.78 is 0. The number of hydrogen-bond donors (Lipinski definition) is 3. The summed E-state index contributed by atoms with van der Waals surface area (Å²) in [5, 5.41) is 10.9. The molecule has 2 aromatic rings. The van der Waals surface area contributed by atoms with Gasteiger partial charge in [-0.15, -0.1) is 0 Å². The lowest BCUT2D eigenvalue weighted by Crippen LogP contribution is -2.38. The van der Waals surface area contributed by atoms with Crippen LogP contribution < -0.4 is 16.4 Å². The standard InChI is InChI=1S/C17H20Cl2N4O/c18-12-8-11(14(24)9-13(12)19)17(21)10-4-6-23(7-5-10)16-3-1-2-15(20)22-16/h1-3,8-10,17,24H,4-7,21H2,(H2,20,22). The summed E-state index contributed by atoms with van der Waals surface area (Å²) in [6.07, 6.45) is 1.80. The highest BCUT2D eigenvalue weighted by molar-refractivity contribution is 6.42. The lowest BCUT2D eigenvalue weighted by Gasteiger charge is -2.35. The van der Waals surface area contributed by atoms with Crippen LogP contribution in [0.1, 0.15) is 24.4 Å². The van der Waals surface area contributed by atoms with Gasteiger partial charge in [0.15, 0.2) is 0 Å². The average Bonchev–Trinajstić information content (AvgIpc) is 2.58. The van der Waals surface area contributed by atoms with Gasteiger partial charge in [-0.25, -0.2) is 4.98 Å². The number of phenolic OH excluding ortho intramolecular Hbond substituents is 1. The number of phenols is 1. The number of nitrogen functional groups attached to an aromatic ring is 1. The van der Waals surface area contributed by atoms with Crippen molar-refractivity contribution in [2.75, 3.05) is 23.7 Å². The average molecular weight is 367 g/mol. The molecule has 5 nitrogen and oxygen atoms in total. The van der Waals surface area contributed by atoms with Gasteiger partial charge in [-0.05, 0) is 37.0 Å². The first-order valence-corrected chi connectivity index (χ1v) is 8.62. The maximum absolute atomic E-state index is 10.1. The summed E-state index contributed by atoms with van der Waals surface area (Å²) in [5.41, 5.74) is 12.8. The van der Waals surface area contributed by atoms with Crippen molar-refractivity contribution < 1.29 is 5.11 Å². The summed E-state index contributed by atoms with van der Waals surface area (Å²) >= 11 is 12.0. The van der Waals surface area contributed by atoms with E-state index in [4.69, 9.17) is 34.7 Å². The number of pyridine rings is 1. The number of halogens is 2. The van der Waals surface area contributed by atoms with Crippen LogP contribution in [0.3, 0.4) is 0 Å². The van der Waals surface area contributed by atoms with Crippen LogP contribution in [0.25, 0.3) is 0 Å². The summed E-state index contributed by atoms with van der Waals surface area (Å²) in [7, 11) is 0. The molecule has 128 valence electrons. The molecule has 1 saturated heterocycles. The number of aromatic hydroxyl groups is 1. The number of anilines is 2. The van der Waals surface area contributed by atoms with Crippen LogP contribution in [0, 0.1) is 5.92 Å². The molecule has 1 unspecified atom stereocenters. The van der Waals surface area contributed by atoms with Gasteiger partial charge in [-0.2, -0.15) is 0 Å². The minimum atomic E-state index is -0.282. The van der Waals surface area contributed by atoms with Crippen LogP contribution in [0.2, 0.25) is 10.0 Å². The number of aromatic nitrogens is 1. The topological polar surface area (TPSA) is 88.4 Å². The van der Waals surface area contributed by atoms with Gasteiger partial charge in [0.25, 0.3) is 0 Å². The van der Waals surface area contributed by atoms with Crippen LogP contribution >= 0.6 is 23.2 Å². The van der Waals surface area contributed by atoms with Crippen LogP contribution in [0.15, 0.2) is 30.3 Å². The van der Waals surface area contributed by atoms with Gasteiger partial charge in [0, 0.05) is 30.8 Å². The van der Waals surface area contributed by atoms with E-state index in [0.29, 0.717) is 21.4 Å². The van der Waals surface area contributed by atoms with Crippen molar-refractivity contribution in [2.45, 2.75) is 18.9 Å². The molecule has 2 heterocycles. The van der Waals surface area contributed by atoms with E-state index in [2.05, 4.69) is 9.88 Å². The molecule has 0 radical (unpaired) electrons. The van der Waals surface area contributed by atoms with Gasteiger partial charge in [-0.3, -0.25) is 0 Å². The van der Waals surface area contributed by atoms with Crippen molar-refractivity contribution in [3.8, 4) is 5.75 Å². The Hall–Kier alpha value is -1.69. The summed E-state index contributed by atoms with van der Waals surface area (Å²) in [6.45, 7) is 1.69. The van der Waals surface area contributed by atoms with Gasteiger partial charge in [0.2, 0.25) is 0 Å². The van der Waals surface area contributed by atoms with E-state index in [0.717, 1.165) is 31.7 Å². The van der Waals surface area contributed by atoms with Crippen LogP contribution in [-0.4, -0.2) is 23.2 Å². The van der Waals surface area contributed by atoms with Crippen molar-refractivity contribution in [3.05, 3.63) is 45.9 Å². The molecule has 1 aliphatic rings. The summed E-state index contributed by atoms with van der Waals surface area (Å²) in [4.78, 5) is 6.56. The van der Waals surface area contributed by atoms with Crippen molar-refractivity contribution >= 4 is 34.8 Å².